The van der Waals surface area contributed by atoms with Crippen LogP contribution >= 0.6 is 0 Å². The molecule has 1 aromatic carbocycles. The minimum Gasteiger partial charge on any atom is -0.466 e. The maximum atomic E-state index is 12.5. The summed E-state index contributed by atoms with van der Waals surface area (Å²) in [5.74, 6) is 1.35. The molecule has 0 bridgehead atoms. The fourth-order valence-electron chi connectivity index (χ4n) is 2.54. The molecular formula is C17H16N4O4. The Bertz CT molecular complexity index is 954. The van der Waals surface area contributed by atoms with Gasteiger partial charge in [-0.3, -0.25) is 14.9 Å². The van der Waals surface area contributed by atoms with E-state index in [-0.39, 0.29) is 11.6 Å². The van der Waals surface area contributed by atoms with E-state index in [2.05, 4.69) is 10.4 Å². The van der Waals surface area contributed by atoms with Crippen LogP contribution in [0.1, 0.15) is 27.6 Å². The number of nitrogens with zero attached hydrogens (tertiary/aromatic N) is 3. The van der Waals surface area contributed by atoms with Crippen molar-refractivity contribution >= 4 is 17.4 Å². The van der Waals surface area contributed by atoms with Crippen LogP contribution in [0.4, 0.5) is 11.5 Å². The van der Waals surface area contributed by atoms with Gasteiger partial charge in [-0.2, -0.15) is 5.10 Å². The van der Waals surface area contributed by atoms with Crippen LogP contribution in [-0.2, 0) is 0 Å². The van der Waals surface area contributed by atoms with E-state index in [4.69, 9.17) is 4.42 Å². The number of aryl methyl sites for hydroxylation is 3. The van der Waals surface area contributed by atoms with Crippen LogP contribution in [0.15, 0.2) is 40.8 Å². The van der Waals surface area contributed by atoms with Gasteiger partial charge in [0.1, 0.15) is 17.3 Å². The molecule has 25 heavy (non-hydrogen) atoms. The Morgan fingerprint density at radius 2 is 1.88 bits per heavy atom. The summed E-state index contributed by atoms with van der Waals surface area (Å²) in [7, 11) is 0. The van der Waals surface area contributed by atoms with E-state index in [1.807, 2.05) is 0 Å². The van der Waals surface area contributed by atoms with Crippen molar-refractivity contribution in [2.45, 2.75) is 20.8 Å². The summed E-state index contributed by atoms with van der Waals surface area (Å²) in [6.07, 6.45) is 0. The summed E-state index contributed by atoms with van der Waals surface area (Å²) in [6.45, 7) is 5.29. The summed E-state index contributed by atoms with van der Waals surface area (Å²) in [5, 5.41) is 17.9. The molecule has 3 aromatic rings. The van der Waals surface area contributed by atoms with Crippen LogP contribution in [0.2, 0.25) is 0 Å². The van der Waals surface area contributed by atoms with Crippen molar-refractivity contribution in [2.75, 3.05) is 5.32 Å². The van der Waals surface area contributed by atoms with Crippen LogP contribution in [0, 0.1) is 30.9 Å². The molecule has 0 saturated heterocycles. The molecular weight excluding hydrogens is 324 g/mol. The van der Waals surface area contributed by atoms with Crippen molar-refractivity contribution in [3.8, 4) is 5.69 Å². The Morgan fingerprint density at radius 1 is 1.20 bits per heavy atom. The summed E-state index contributed by atoms with van der Waals surface area (Å²) >= 11 is 0. The number of amides is 1. The van der Waals surface area contributed by atoms with Crippen molar-refractivity contribution < 1.29 is 14.1 Å². The maximum absolute atomic E-state index is 12.5. The zero-order valence-corrected chi connectivity index (χ0v) is 13.9. The Balaban J connectivity index is 1.92. The largest absolute Gasteiger partial charge is 0.466 e. The molecule has 0 atom stereocenters. The van der Waals surface area contributed by atoms with Gasteiger partial charge in [0.05, 0.1) is 21.9 Å². The van der Waals surface area contributed by atoms with Crippen molar-refractivity contribution in [2.24, 2.45) is 0 Å². The Hall–Kier alpha value is -3.42. The van der Waals surface area contributed by atoms with Crippen molar-refractivity contribution in [1.29, 1.82) is 0 Å². The molecule has 0 spiro atoms. The van der Waals surface area contributed by atoms with Gasteiger partial charge < -0.3 is 9.73 Å². The summed E-state index contributed by atoms with van der Waals surface area (Å²) in [4.78, 5) is 22.8. The molecule has 8 heteroatoms. The second-order valence-electron chi connectivity index (χ2n) is 5.64. The highest BCUT2D eigenvalue weighted by atomic mass is 16.6. The summed E-state index contributed by atoms with van der Waals surface area (Å²) < 4.78 is 6.91. The number of benzene rings is 1. The molecule has 0 aliphatic rings. The number of furan rings is 1. The van der Waals surface area contributed by atoms with E-state index >= 15 is 0 Å². The molecule has 3 rings (SSSR count). The predicted molar refractivity (Wildman–Crippen MR) is 91.1 cm³/mol. The van der Waals surface area contributed by atoms with Gasteiger partial charge in [-0.05, 0) is 39.0 Å². The fourth-order valence-corrected chi connectivity index (χ4v) is 2.54. The van der Waals surface area contributed by atoms with Crippen LogP contribution < -0.4 is 5.32 Å². The lowest BCUT2D eigenvalue weighted by atomic mass is 10.2. The molecule has 0 aliphatic heterocycles. The molecule has 1 N–H and O–H groups in total. The number of nitrogens with one attached hydrogen (secondary N) is 1. The second kappa shape index (κ2) is 6.23. The standard InChI is InChI=1S/C17H16N4O4/c1-10-8-16(18-17(22)15-9-11(2)25-12(15)3)20(19-10)13-4-6-14(7-5-13)21(23)24/h4-9H,1-3H3,(H,18,22). The van der Waals surface area contributed by atoms with Gasteiger partial charge >= 0.3 is 0 Å². The first kappa shape index (κ1) is 16.4. The van der Waals surface area contributed by atoms with Crippen molar-refractivity contribution in [1.82, 2.24) is 9.78 Å². The number of nitro groups is 1. The number of aromatic nitrogens is 2. The highest BCUT2D eigenvalue weighted by molar-refractivity contribution is 6.04. The molecule has 128 valence electrons. The number of carbonyl (C=O) groups is 1. The normalized spacial score (nSPS) is 10.7. The molecule has 0 saturated carbocycles. The molecule has 1 amide bonds. The van der Waals surface area contributed by atoms with E-state index < -0.39 is 4.92 Å². The summed E-state index contributed by atoms with van der Waals surface area (Å²) in [5.41, 5.74) is 1.75. The number of non-ortho nitro benzene ring substituents is 1. The third-order valence-electron chi connectivity index (χ3n) is 3.66. The minimum atomic E-state index is -0.467. The number of nitro benzene ring substituents is 1. The molecule has 2 heterocycles. The van der Waals surface area contributed by atoms with Gasteiger partial charge in [-0.1, -0.05) is 0 Å². The lowest BCUT2D eigenvalue weighted by molar-refractivity contribution is -0.384. The smallest absolute Gasteiger partial charge is 0.269 e. The van der Waals surface area contributed by atoms with E-state index in [1.54, 1.807) is 45.0 Å². The van der Waals surface area contributed by atoms with Crippen LogP contribution in [0.25, 0.3) is 5.69 Å². The maximum Gasteiger partial charge on any atom is 0.269 e. The third-order valence-corrected chi connectivity index (χ3v) is 3.66. The Morgan fingerprint density at radius 3 is 2.44 bits per heavy atom. The first-order valence-electron chi connectivity index (χ1n) is 7.55. The topological polar surface area (TPSA) is 103 Å². The summed E-state index contributed by atoms with van der Waals surface area (Å²) in [6, 6.07) is 9.33. The number of anilines is 1. The number of hydrogen-bond acceptors (Lipinski definition) is 5. The Labute approximate surface area is 143 Å². The van der Waals surface area contributed by atoms with Gasteiger partial charge in [-0.25, -0.2) is 4.68 Å². The van der Waals surface area contributed by atoms with E-state index in [1.165, 1.54) is 16.8 Å². The first-order valence-corrected chi connectivity index (χ1v) is 7.55. The molecule has 0 unspecified atom stereocenters. The Kier molecular flexibility index (Phi) is 4.10. The average Bonchev–Trinajstić information content (AvgIpc) is 3.09. The monoisotopic (exact) mass is 340 g/mol. The predicted octanol–water partition coefficient (Wildman–Crippen LogP) is 3.55. The molecule has 8 nitrogen and oxygen atoms in total. The quantitative estimate of drug-likeness (QED) is 0.578. The van der Waals surface area contributed by atoms with Crippen molar-refractivity contribution in [3.63, 3.8) is 0 Å². The van der Waals surface area contributed by atoms with Gasteiger partial charge in [0.15, 0.2) is 0 Å². The van der Waals surface area contributed by atoms with Gasteiger partial charge in [0.2, 0.25) is 0 Å². The number of carbonyl (C=O) groups excluding carboxylic acids is 1. The fraction of sp³-hybridized carbons (Fsp3) is 0.176. The molecule has 0 radical (unpaired) electrons. The number of hydrogen-bond donors (Lipinski definition) is 1. The van der Waals surface area contributed by atoms with E-state index in [9.17, 15) is 14.9 Å². The van der Waals surface area contributed by atoms with Gasteiger partial charge in [-0.15, -0.1) is 0 Å². The lowest BCUT2D eigenvalue weighted by Crippen LogP contribution is -2.15. The van der Waals surface area contributed by atoms with E-state index in [0.717, 1.165) is 0 Å². The molecule has 0 fully saturated rings. The average molecular weight is 340 g/mol. The van der Waals surface area contributed by atoms with Crippen molar-refractivity contribution in [3.05, 3.63) is 69.3 Å². The van der Waals surface area contributed by atoms with Crippen LogP contribution in [0.5, 0.6) is 0 Å². The SMILES string of the molecule is Cc1cc(NC(=O)c2cc(C)oc2C)n(-c2ccc([N+](=O)[O-])cc2)n1. The zero-order chi connectivity index (χ0) is 18.1. The van der Waals surface area contributed by atoms with Crippen LogP contribution in [0.3, 0.4) is 0 Å². The van der Waals surface area contributed by atoms with Gasteiger partial charge in [0, 0.05) is 18.2 Å². The van der Waals surface area contributed by atoms with Crippen LogP contribution in [-0.4, -0.2) is 20.6 Å². The molecule has 2 aromatic heterocycles. The third kappa shape index (κ3) is 3.27. The molecule has 0 aliphatic carbocycles. The second-order valence-corrected chi connectivity index (χ2v) is 5.64. The highest BCUT2D eigenvalue weighted by Gasteiger charge is 2.17. The lowest BCUT2D eigenvalue weighted by Gasteiger charge is -2.08. The van der Waals surface area contributed by atoms with E-state index in [0.29, 0.717) is 34.3 Å². The zero-order valence-electron chi connectivity index (χ0n) is 13.9. The minimum absolute atomic E-state index is 0.0114. The number of rotatable bonds is 4. The first-order chi connectivity index (χ1) is 11.8. The van der Waals surface area contributed by atoms with Gasteiger partial charge in [0.25, 0.3) is 11.6 Å². The highest BCUT2D eigenvalue weighted by Crippen LogP contribution is 2.22.